The Bertz CT molecular complexity index is 375. The third-order valence-electron chi connectivity index (χ3n) is 3.80. The molecule has 3 atom stereocenters. The third-order valence-corrected chi connectivity index (χ3v) is 3.80. The van der Waals surface area contributed by atoms with Gasteiger partial charge in [-0.3, -0.25) is 0 Å². The van der Waals surface area contributed by atoms with Crippen LogP contribution in [0.1, 0.15) is 56.4 Å². The molecule has 2 heteroatoms. The molecule has 1 aromatic carbocycles. The van der Waals surface area contributed by atoms with Gasteiger partial charge in [-0.25, -0.2) is 0 Å². The highest BCUT2D eigenvalue weighted by atomic mass is 16.3. The van der Waals surface area contributed by atoms with Crippen LogP contribution in [0.3, 0.4) is 0 Å². The molecule has 0 saturated heterocycles. The molecule has 102 valence electrons. The predicted octanol–water partition coefficient (Wildman–Crippen LogP) is 3.50. The van der Waals surface area contributed by atoms with Gasteiger partial charge in [-0.1, -0.05) is 32.0 Å². The van der Waals surface area contributed by atoms with Crippen LogP contribution in [-0.4, -0.2) is 17.2 Å². The lowest BCUT2D eigenvalue weighted by atomic mass is 9.96. The van der Waals surface area contributed by atoms with Gasteiger partial charge in [0.15, 0.2) is 0 Å². The van der Waals surface area contributed by atoms with Crippen LogP contribution in [0.25, 0.3) is 0 Å². The number of aliphatic hydroxyl groups excluding tert-OH is 1. The summed E-state index contributed by atoms with van der Waals surface area (Å²) in [7, 11) is 0. The Morgan fingerprint density at radius 1 is 1.11 bits per heavy atom. The maximum absolute atomic E-state index is 10.5. The van der Waals surface area contributed by atoms with E-state index in [0.29, 0.717) is 6.04 Å². The van der Waals surface area contributed by atoms with Crippen LogP contribution in [0.15, 0.2) is 18.2 Å². The largest absolute Gasteiger partial charge is 0.387 e. The summed E-state index contributed by atoms with van der Waals surface area (Å²) in [4.78, 5) is 0. The highest BCUT2D eigenvalue weighted by Crippen LogP contribution is 2.22. The number of hydrogen-bond donors (Lipinski definition) is 2. The van der Waals surface area contributed by atoms with E-state index in [1.807, 2.05) is 6.07 Å². The van der Waals surface area contributed by atoms with E-state index in [1.165, 1.54) is 11.1 Å². The molecule has 0 saturated carbocycles. The van der Waals surface area contributed by atoms with Gasteiger partial charge in [0.1, 0.15) is 0 Å². The SMILES string of the molecule is CCC(C)NC(CC)C(O)c1ccc(C)c(C)c1. The molecule has 1 aromatic rings. The quantitative estimate of drug-likeness (QED) is 0.808. The van der Waals surface area contributed by atoms with E-state index >= 15 is 0 Å². The molecule has 2 N–H and O–H groups in total. The highest BCUT2D eigenvalue weighted by Gasteiger charge is 2.20. The Hall–Kier alpha value is -0.860. The van der Waals surface area contributed by atoms with Gasteiger partial charge in [-0.2, -0.15) is 0 Å². The summed E-state index contributed by atoms with van der Waals surface area (Å²) in [6, 6.07) is 6.79. The first-order valence-corrected chi connectivity index (χ1v) is 7.00. The molecule has 0 fully saturated rings. The van der Waals surface area contributed by atoms with Gasteiger partial charge >= 0.3 is 0 Å². The fraction of sp³-hybridized carbons (Fsp3) is 0.625. The Labute approximate surface area is 111 Å². The monoisotopic (exact) mass is 249 g/mol. The summed E-state index contributed by atoms with van der Waals surface area (Å²) < 4.78 is 0. The lowest BCUT2D eigenvalue weighted by Crippen LogP contribution is -2.40. The Balaban J connectivity index is 2.82. The maximum atomic E-state index is 10.5. The number of rotatable bonds is 6. The van der Waals surface area contributed by atoms with Crippen molar-refractivity contribution in [2.24, 2.45) is 0 Å². The van der Waals surface area contributed by atoms with Crippen LogP contribution in [0.2, 0.25) is 0 Å². The molecule has 0 amide bonds. The zero-order valence-electron chi connectivity index (χ0n) is 12.3. The first kappa shape index (κ1) is 15.2. The molecule has 18 heavy (non-hydrogen) atoms. The van der Waals surface area contributed by atoms with Crippen LogP contribution in [-0.2, 0) is 0 Å². The zero-order valence-corrected chi connectivity index (χ0v) is 12.3. The lowest BCUT2D eigenvalue weighted by Gasteiger charge is -2.27. The maximum Gasteiger partial charge on any atom is 0.0943 e. The molecule has 0 heterocycles. The van der Waals surface area contributed by atoms with Gasteiger partial charge < -0.3 is 10.4 Å². The molecule has 0 aliphatic heterocycles. The van der Waals surface area contributed by atoms with Crippen molar-refractivity contribution in [3.05, 3.63) is 34.9 Å². The summed E-state index contributed by atoms with van der Waals surface area (Å²) in [5.74, 6) is 0. The normalized spacial score (nSPS) is 16.3. The summed E-state index contributed by atoms with van der Waals surface area (Å²) in [5.41, 5.74) is 3.53. The summed E-state index contributed by atoms with van der Waals surface area (Å²) in [5, 5.41) is 14.0. The standard InChI is InChI=1S/C16H27NO/c1-6-13(5)17-15(7-2)16(18)14-9-8-11(3)12(4)10-14/h8-10,13,15-18H,6-7H2,1-5H3. The van der Waals surface area contributed by atoms with Crippen molar-refractivity contribution in [3.8, 4) is 0 Å². The second kappa shape index (κ2) is 6.91. The molecular formula is C16H27NO. The smallest absolute Gasteiger partial charge is 0.0943 e. The summed E-state index contributed by atoms with van der Waals surface area (Å²) in [6.45, 7) is 10.6. The van der Waals surface area contributed by atoms with E-state index in [4.69, 9.17) is 0 Å². The van der Waals surface area contributed by atoms with Crippen LogP contribution in [0, 0.1) is 13.8 Å². The second-order valence-corrected chi connectivity index (χ2v) is 5.28. The van der Waals surface area contributed by atoms with E-state index < -0.39 is 6.10 Å². The van der Waals surface area contributed by atoms with Crippen LogP contribution in [0.4, 0.5) is 0 Å². The van der Waals surface area contributed by atoms with Crippen molar-refractivity contribution < 1.29 is 5.11 Å². The van der Waals surface area contributed by atoms with Crippen LogP contribution >= 0.6 is 0 Å². The van der Waals surface area contributed by atoms with E-state index in [-0.39, 0.29) is 6.04 Å². The fourth-order valence-corrected chi connectivity index (χ4v) is 2.10. The molecule has 0 bridgehead atoms. The Morgan fingerprint density at radius 3 is 2.28 bits per heavy atom. The minimum atomic E-state index is -0.428. The molecule has 1 rings (SSSR count). The summed E-state index contributed by atoms with van der Waals surface area (Å²) >= 11 is 0. The van der Waals surface area contributed by atoms with Crippen molar-refractivity contribution in [1.29, 1.82) is 0 Å². The second-order valence-electron chi connectivity index (χ2n) is 5.28. The molecule has 2 nitrogen and oxygen atoms in total. The third kappa shape index (κ3) is 3.82. The highest BCUT2D eigenvalue weighted by molar-refractivity contribution is 5.31. The van der Waals surface area contributed by atoms with Gasteiger partial charge in [0.2, 0.25) is 0 Å². The molecular weight excluding hydrogens is 222 g/mol. The van der Waals surface area contributed by atoms with Crippen LogP contribution < -0.4 is 5.32 Å². The van der Waals surface area contributed by atoms with E-state index in [0.717, 1.165) is 18.4 Å². The molecule has 0 aliphatic rings. The molecule has 3 unspecified atom stereocenters. The van der Waals surface area contributed by atoms with Crippen LogP contribution in [0.5, 0.6) is 0 Å². The minimum Gasteiger partial charge on any atom is -0.387 e. The van der Waals surface area contributed by atoms with Crippen molar-refractivity contribution >= 4 is 0 Å². The summed E-state index contributed by atoms with van der Waals surface area (Å²) in [6.07, 6.45) is 1.58. The van der Waals surface area contributed by atoms with E-state index in [9.17, 15) is 5.11 Å². The molecule has 0 aliphatic carbocycles. The average molecular weight is 249 g/mol. The Kier molecular flexibility index (Phi) is 5.83. The molecule has 0 radical (unpaired) electrons. The average Bonchev–Trinajstić information content (AvgIpc) is 2.38. The number of nitrogens with one attached hydrogen (secondary N) is 1. The van der Waals surface area contributed by atoms with Gasteiger partial charge in [0, 0.05) is 12.1 Å². The fourth-order valence-electron chi connectivity index (χ4n) is 2.10. The van der Waals surface area contributed by atoms with Gasteiger partial charge in [-0.15, -0.1) is 0 Å². The van der Waals surface area contributed by atoms with Crippen molar-refractivity contribution in [2.45, 2.75) is 65.6 Å². The van der Waals surface area contributed by atoms with Crippen molar-refractivity contribution in [3.63, 3.8) is 0 Å². The topological polar surface area (TPSA) is 32.3 Å². The van der Waals surface area contributed by atoms with E-state index in [1.54, 1.807) is 0 Å². The number of hydrogen-bond acceptors (Lipinski definition) is 2. The minimum absolute atomic E-state index is 0.127. The number of benzene rings is 1. The van der Waals surface area contributed by atoms with Crippen molar-refractivity contribution in [1.82, 2.24) is 5.32 Å². The molecule has 0 spiro atoms. The molecule has 0 aromatic heterocycles. The first-order valence-electron chi connectivity index (χ1n) is 7.00. The van der Waals surface area contributed by atoms with Gasteiger partial charge in [-0.05, 0) is 50.3 Å². The van der Waals surface area contributed by atoms with E-state index in [2.05, 4.69) is 52.1 Å². The number of aliphatic hydroxyl groups is 1. The number of aryl methyl sites for hydroxylation is 2. The zero-order chi connectivity index (χ0) is 13.7. The first-order chi connectivity index (χ1) is 8.49. The predicted molar refractivity (Wildman–Crippen MR) is 77.8 cm³/mol. The lowest BCUT2D eigenvalue weighted by molar-refractivity contribution is 0.120. The van der Waals surface area contributed by atoms with Crippen molar-refractivity contribution in [2.75, 3.05) is 0 Å². The van der Waals surface area contributed by atoms with Gasteiger partial charge in [0.25, 0.3) is 0 Å². The Morgan fingerprint density at radius 2 is 1.78 bits per heavy atom. The van der Waals surface area contributed by atoms with Gasteiger partial charge in [0.05, 0.1) is 6.10 Å².